The highest BCUT2D eigenvalue weighted by atomic mass is 16.6. The zero-order valence-electron chi connectivity index (χ0n) is 11.0. The molecular formula is C12H18N4O3. The third-order valence-corrected chi connectivity index (χ3v) is 2.28. The predicted molar refractivity (Wildman–Crippen MR) is 73.9 cm³/mol. The summed E-state index contributed by atoms with van der Waals surface area (Å²) in [5.41, 5.74) is 6.34. The average Bonchev–Trinajstić information content (AvgIpc) is 2.27. The van der Waals surface area contributed by atoms with E-state index < -0.39 is 4.92 Å². The van der Waals surface area contributed by atoms with Gasteiger partial charge in [-0.1, -0.05) is 0 Å². The van der Waals surface area contributed by atoms with Gasteiger partial charge in [0.05, 0.1) is 4.92 Å². The second kappa shape index (κ2) is 6.58. The van der Waals surface area contributed by atoms with Crippen LogP contribution in [0.4, 0.5) is 17.1 Å². The summed E-state index contributed by atoms with van der Waals surface area (Å²) in [4.78, 5) is 21.6. The van der Waals surface area contributed by atoms with Crippen molar-refractivity contribution >= 4 is 23.0 Å². The number of rotatable bonds is 6. The topological polar surface area (TPSA) is 110 Å². The Kier molecular flexibility index (Phi) is 5.11. The summed E-state index contributed by atoms with van der Waals surface area (Å²) in [5.74, 6) is -0.0686. The van der Waals surface area contributed by atoms with Crippen molar-refractivity contribution in [2.75, 3.05) is 17.6 Å². The van der Waals surface area contributed by atoms with Gasteiger partial charge in [0.25, 0.3) is 5.69 Å². The van der Waals surface area contributed by atoms with Gasteiger partial charge in [0.1, 0.15) is 0 Å². The molecule has 1 rings (SSSR count). The highest BCUT2D eigenvalue weighted by Gasteiger charge is 2.09. The van der Waals surface area contributed by atoms with Crippen LogP contribution in [0, 0.1) is 10.1 Å². The molecule has 0 atom stereocenters. The van der Waals surface area contributed by atoms with Crippen molar-refractivity contribution in [3.63, 3.8) is 0 Å². The van der Waals surface area contributed by atoms with Crippen LogP contribution in [0.25, 0.3) is 0 Å². The van der Waals surface area contributed by atoms with E-state index in [2.05, 4.69) is 10.6 Å². The first-order valence-electron chi connectivity index (χ1n) is 5.96. The number of nitro groups is 1. The fourth-order valence-corrected chi connectivity index (χ4v) is 1.56. The number of carbonyl (C=O) groups excluding carboxylic acids is 1. The van der Waals surface area contributed by atoms with Crippen LogP contribution in [-0.4, -0.2) is 23.4 Å². The predicted octanol–water partition coefficient (Wildman–Crippen LogP) is 1.50. The largest absolute Gasteiger partial charge is 0.398 e. The maximum Gasteiger partial charge on any atom is 0.273 e. The van der Waals surface area contributed by atoms with E-state index in [4.69, 9.17) is 5.73 Å². The minimum absolute atomic E-state index is 0.0686. The standard InChI is InChI=1S/C12H18N4O3/c1-8(2)15-12(17)3-4-14-10-5-9(13)6-11(7-10)16(18)19/h5-8,14H,3-4,13H2,1-2H3,(H,15,17). The van der Waals surface area contributed by atoms with Gasteiger partial charge in [-0.15, -0.1) is 0 Å². The van der Waals surface area contributed by atoms with Crippen LogP contribution in [0.15, 0.2) is 18.2 Å². The van der Waals surface area contributed by atoms with Crippen LogP contribution in [-0.2, 0) is 4.79 Å². The Morgan fingerprint density at radius 2 is 2.11 bits per heavy atom. The zero-order chi connectivity index (χ0) is 14.4. The van der Waals surface area contributed by atoms with E-state index in [1.54, 1.807) is 6.07 Å². The van der Waals surface area contributed by atoms with Crippen LogP contribution in [0.2, 0.25) is 0 Å². The molecule has 0 spiro atoms. The summed E-state index contributed by atoms with van der Waals surface area (Å²) in [7, 11) is 0. The molecule has 7 heteroatoms. The molecule has 104 valence electrons. The van der Waals surface area contributed by atoms with Crippen molar-refractivity contribution in [1.29, 1.82) is 0 Å². The molecule has 0 bridgehead atoms. The van der Waals surface area contributed by atoms with Crippen LogP contribution < -0.4 is 16.4 Å². The number of amides is 1. The maximum atomic E-state index is 11.4. The first kappa shape index (κ1) is 14.7. The van der Waals surface area contributed by atoms with Crippen LogP contribution in [0.5, 0.6) is 0 Å². The molecule has 1 amide bonds. The minimum Gasteiger partial charge on any atom is -0.398 e. The molecule has 0 saturated carbocycles. The minimum atomic E-state index is -0.507. The highest BCUT2D eigenvalue weighted by Crippen LogP contribution is 2.22. The fraction of sp³-hybridized carbons (Fsp3) is 0.417. The van der Waals surface area contributed by atoms with Gasteiger partial charge >= 0.3 is 0 Å². The molecule has 1 aromatic rings. The van der Waals surface area contributed by atoms with Gasteiger partial charge in [-0.2, -0.15) is 0 Å². The summed E-state index contributed by atoms with van der Waals surface area (Å²) < 4.78 is 0. The number of nitrogen functional groups attached to an aromatic ring is 1. The summed E-state index contributed by atoms with van der Waals surface area (Å²) in [6.07, 6.45) is 0.292. The Morgan fingerprint density at radius 1 is 1.42 bits per heavy atom. The SMILES string of the molecule is CC(C)NC(=O)CCNc1cc(N)cc([N+](=O)[O-])c1. The maximum absolute atomic E-state index is 11.4. The molecule has 7 nitrogen and oxygen atoms in total. The Labute approximate surface area is 111 Å². The van der Waals surface area contributed by atoms with Gasteiger partial charge in [0, 0.05) is 42.5 Å². The number of non-ortho nitro benzene ring substituents is 1. The number of nitrogens with one attached hydrogen (secondary N) is 2. The molecule has 0 radical (unpaired) electrons. The van der Waals surface area contributed by atoms with Gasteiger partial charge in [-0.05, 0) is 19.9 Å². The first-order chi connectivity index (χ1) is 8.88. The number of anilines is 2. The van der Waals surface area contributed by atoms with E-state index >= 15 is 0 Å². The molecule has 0 unspecified atom stereocenters. The third kappa shape index (κ3) is 5.24. The summed E-state index contributed by atoms with van der Waals surface area (Å²) >= 11 is 0. The fourth-order valence-electron chi connectivity index (χ4n) is 1.56. The summed E-state index contributed by atoms with van der Waals surface area (Å²) in [6, 6.07) is 4.36. The van der Waals surface area contributed by atoms with Gasteiger partial charge in [0.15, 0.2) is 0 Å². The number of benzene rings is 1. The Bertz CT molecular complexity index is 474. The molecule has 0 aliphatic heterocycles. The molecular weight excluding hydrogens is 248 g/mol. The van der Waals surface area contributed by atoms with E-state index in [0.29, 0.717) is 24.3 Å². The number of carbonyl (C=O) groups is 1. The molecule has 0 fully saturated rings. The van der Waals surface area contributed by atoms with Crippen LogP contribution in [0.3, 0.4) is 0 Å². The van der Waals surface area contributed by atoms with E-state index in [9.17, 15) is 14.9 Å². The lowest BCUT2D eigenvalue weighted by Gasteiger charge is -2.10. The Morgan fingerprint density at radius 3 is 2.68 bits per heavy atom. The number of hydrogen-bond donors (Lipinski definition) is 3. The van der Waals surface area contributed by atoms with Crippen molar-refractivity contribution in [1.82, 2.24) is 5.32 Å². The Balaban J connectivity index is 2.54. The van der Waals surface area contributed by atoms with E-state index in [0.717, 1.165) is 0 Å². The highest BCUT2D eigenvalue weighted by molar-refractivity contribution is 5.76. The van der Waals surface area contributed by atoms with Crippen molar-refractivity contribution < 1.29 is 9.72 Å². The van der Waals surface area contributed by atoms with E-state index in [1.165, 1.54) is 12.1 Å². The molecule has 19 heavy (non-hydrogen) atoms. The molecule has 4 N–H and O–H groups in total. The lowest BCUT2D eigenvalue weighted by atomic mass is 10.2. The lowest BCUT2D eigenvalue weighted by Crippen LogP contribution is -2.31. The van der Waals surface area contributed by atoms with Crippen molar-refractivity contribution in [3.8, 4) is 0 Å². The van der Waals surface area contributed by atoms with Gasteiger partial charge in [-0.3, -0.25) is 14.9 Å². The number of nitrogens with zero attached hydrogens (tertiary/aromatic N) is 1. The molecule has 1 aromatic carbocycles. The summed E-state index contributed by atoms with van der Waals surface area (Å²) in [5, 5.41) is 16.4. The van der Waals surface area contributed by atoms with Crippen molar-refractivity contribution in [2.24, 2.45) is 0 Å². The quantitative estimate of drug-likeness (QED) is 0.410. The second-order valence-electron chi connectivity index (χ2n) is 4.47. The third-order valence-electron chi connectivity index (χ3n) is 2.28. The average molecular weight is 266 g/mol. The van der Waals surface area contributed by atoms with E-state index in [1.807, 2.05) is 13.8 Å². The van der Waals surface area contributed by atoms with E-state index in [-0.39, 0.29) is 17.6 Å². The monoisotopic (exact) mass is 266 g/mol. The summed E-state index contributed by atoms with van der Waals surface area (Å²) in [6.45, 7) is 4.15. The van der Waals surface area contributed by atoms with Crippen LogP contribution >= 0.6 is 0 Å². The molecule has 0 aromatic heterocycles. The smallest absolute Gasteiger partial charge is 0.273 e. The van der Waals surface area contributed by atoms with Crippen molar-refractivity contribution in [2.45, 2.75) is 26.3 Å². The normalized spacial score (nSPS) is 10.3. The molecule has 0 saturated heterocycles. The Hall–Kier alpha value is -2.31. The van der Waals surface area contributed by atoms with Crippen molar-refractivity contribution in [3.05, 3.63) is 28.3 Å². The molecule has 0 aliphatic carbocycles. The first-order valence-corrected chi connectivity index (χ1v) is 5.96. The zero-order valence-corrected chi connectivity index (χ0v) is 11.0. The van der Waals surface area contributed by atoms with Gasteiger partial charge in [0.2, 0.25) is 5.91 Å². The molecule has 0 heterocycles. The van der Waals surface area contributed by atoms with Crippen LogP contribution in [0.1, 0.15) is 20.3 Å². The number of nitro benzene ring substituents is 1. The van der Waals surface area contributed by atoms with Gasteiger partial charge in [-0.25, -0.2) is 0 Å². The lowest BCUT2D eigenvalue weighted by molar-refractivity contribution is -0.384. The van der Waals surface area contributed by atoms with Gasteiger partial charge < -0.3 is 16.4 Å². The number of hydrogen-bond acceptors (Lipinski definition) is 5. The molecule has 0 aliphatic rings. The number of nitrogens with two attached hydrogens (primary N) is 1. The second-order valence-corrected chi connectivity index (χ2v) is 4.47.